The first kappa shape index (κ1) is 15.2. The van der Waals surface area contributed by atoms with Crippen LogP contribution in [0.4, 0.5) is 0 Å². The van der Waals surface area contributed by atoms with Crippen LogP contribution in [0.5, 0.6) is 0 Å². The highest BCUT2D eigenvalue weighted by molar-refractivity contribution is 5.94. The van der Waals surface area contributed by atoms with Crippen molar-refractivity contribution in [3.05, 3.63) is 42.4 Å². The van der Waals surface area contributed by atoms with E-state index in [1.807, 2.05) is 6.92 Å². The van der Waals surface area contributed by atoms with Crippen molar-refractivity contribution in [1.82, 2.24) is 19.7 Å². The normalized spacial score (nSPS) is 21.2. The summed E-state index contributed by atoms with van der Waals surface area (Å²) in [6.07, 6.45) is 6.50. The highest BCUT2D eigenvalue weighted by Gasteiger charge is 2.32. The van der Waals surface area contributed by atoms with Gasteiger partial charge in [0.15, 0.2) is 5.82 Å². The Bertz CT molecular complexity index is 696. The van der Waals surface area contributed by atoms with Gasteiger partial charge >= 0.3 is 0 Å². The average Bonchev–Trinajstić information content (AvgIpc) is 3.09. The standard InChI is InChI=1S/C16H19N5O2/c1-11-3-4-13(15(17)22)10-20(11)16(23)12-5-6-14(18-9-12)21-8-2-7-19-21/h2,5-9,11,13H,3-4,10H2,1H3,(H2,17,22). The van der Waals surface area contributed by atoms with Gasteiger partial charge in [0.1, 0.15) is 0 Å². The summed E-state index contributed by atoms with van der Waals surface area (Å²) in [5.74, 6) is -0.0930. The third kappa shape index (κ3) is 3.08. The van der Waals surface area contributed by atoms with E-state index in [0.717, 1.165) is 12.8 Å². The number of nitrogens with zero attached hydrogens (tertiary/aromatic N) is 4. The van der Waals surface area contributed by atoms with Gasteiger partial charge in [-0.1, -0.05) is 0 Å². The molecule has 1 fully saturated rings. The number of hydrogen-bond acceptors (Lipinski definition) is 4. The Balaban J connectivity index is 1.77. The molecule has 0 radical (unpaired) electrons. The Morgan fingerprint density at radius 1 is 1.30 bits per heavy atom. The number of carbonyl (C=O) groups excluding carboxylic acids is 2. The fourth-order valence-corrected chi connectivity index (χ4v) is 2.84. The lowest BCUT2D eigenvalue weighted by atomic mass is 9.92. The molecule has 0 aromatic carbocycles. The number of piperidine rings is 1. The summed E-state index contributed by atoms with van der Waals surface area (Å²) in [4.78, 5) is 30.1. The lowest BCUT2D eigenvalue weighted by molar-refractivity contribution is -0.123. The maximum atomic E-state index is 12.7. The van der Waals surface area contributed by atoms with Crippen LogP contribution >= 0.6 is 0 Å². The highest BCUT2D eigenvalue weighted by Crippen LogP contribution is 2.23. The van der Waals surface area contributed by atoms with Crippen LogP contribution in [0.25, 0.3) is 5.82 Å². The molecule has 0 aliphatic carbocycles. The van der Waals surface area contributed by atoms with Crippen LogP contribution < -0.4 is 5.73 Å². The van der Waals surface area contributed by atoms with Crippen molar-refractivity contribution in [3.8, 4) is 5.82 Å². The number of primary amides is 1. The number of hydrogen-bond donors (Lipinski definition) is 1. The third-order valence-corrected chi connectivity index (χ3v) is 4.28. The predicted molar refractivity (Wildman–Crippen MR) is 83.8 cm³/mol. The summed E-state index contributed by atoms with van der Waals surface area (Å²) in [5.41, 5.74) is 5.89. The fraction of sp³-hybridized carbons (Fsp3) is 0.375. The molecule has 2 aromatic rings. The van der Waals surface area contributed by atoms with Gasteiger partial charge in [-0.2, -0.15) is 5.10 Å². The Labute approximate surface area is 134 Å². The summed E-state index contributed by atoms with van der Waals surface area (Å²) in [6, 6.07) is 5.37. The zero-order valence-electron chi connectivity index (χ0n) is 12.9. The van der Waals surface area contributed by atoms with E-state index in [-0.39, 0.29) is 23.8 Å². The first-order valence-corrected chi connectivity index (χ1v) is 7.62. The van der Waals surface area contributed by atoms with Crippen molar-refractivity contribution in [1.29, 1.82) is 0 Å². The van der Waals surface area contributed by atoms with Gasteiger partial charge in [-0.25, -0.2) is 9.67 Å². The number of aromatic nitrogens is 3. The van der Waals surface area contributed by atoms with E-state index in [2.05, 4.69) is 10.1 Å². The van der Waals surface area contributed by atoms with Gasteiger partial charge in [0.25, 0.3) is 5.91 Å². The van der Waals surface area contributed by atoms with Crippen molar-refractivity contribution in [2.24, 2.45) is 11.7 Å². The molecule has 1 aliphatic rings. The van der Waals surface area contributed by atoms with E-state index in [4.69, 9.17) is 5.73 Å². The largest absolute Gasteiger partial charge is 0.369 e. The first-order valence-electron chi connectivity index (χ1n) is 7.62. The number of carbonyl (C=O) groups is 2. The van der Waals surface area contributed by atoms with E-state index >= 15 is 0 Å². The molecule has 2 unspecified atom stereocenters. The molecule has 2 aromatic heterocycles. The molecule has 2 amide bonds. The van der Waals surface area contributed by atoms with Crippen molar-refractivity contribution in [2.75, 3.05) is 6.54 Å². The first-order chi connectivity index (χ1) is 11.1. The molecule has 23 heavy (non-hydrogen) atoms. The zero-order valence-corrected chi connectivity index (χ0v) is 12.9. The molecule has 0 bridgehead atoms. The lowest BCUT2D eigenvalue weighted by Gasteiger charge is -2.36. The van der Waals surface area contributed by atoms with Gasteiger partial charge in [0, 0.05) is 31.2 Å². The van der Waals surface area contributed by atoms with Crippen LogP contribution in [0.3, 0.4) is 0 Å². The van der Waals surface area contributed by atoms with E-state index in [0.29, 0.717) is 17.9 Å². The molecule has 0 spiro atoms. The van der Waals surface area contributed by atoms with Gasteiger partial charge in [0.05, 0.1) is 11.5 Å². The second kappa shape index (κ2) is 6.20. The van der Waals surface area contributed by atoms with Gasteiger partial charge in [-0.05, 0) is 38.0 Å². The van der Waals surface area contributed by atoms with Gasteiger partial charge < -0.3 is 10.6 Å². The average molecular weight is 313 g/mol. The number of nitrogens with two attached hydrogens (primary N) is 1. The van der Waals surface area contributed by atoms with E-state index < -0.39 is 0 Å². The minimum atomic E-state index is -0.346. The Hall–Kier alpha value is -2.70. The molecule has 2 atom stereocenters. The molecule has 1 saturated heterocycles. The Kier molecular flexibility index (Phi) is 4.10. The number of likely N-dealkylation sites (tertiary alicyclic amines) is 1. The van der Waals surface area contributed by atoms with Crippen molar-refractivity contribution in [3.63, 3.8) is 0 Å². The summed E-state index contributed by atoms with van der Waals surface area (Å²) >= 11 is 0. The van der Waals surface area contributed by atoms with E-state index in [9.17, 15) is 9.59 Å². The second-order valence-corrected chi connectivity index (χ2v) is 5.84. The molecule has 3 rings (SSSR count). The molecule has 3 heterocycles. The molecule has 7 heteroatoms. The van der Waals surface area contributed by atoms with Crippen LogP contribution in [0.1, 0.15) is 30.1 Å². The fourth-order valence-electron chi connectivity index (χ4n) is 2.84. The minimum Gasteiger partial charge on any atom is -0.369 e. The molecular formula is C16H19N5O2. The molecule has 120 valence electrons. The molecular weight excluding hydrogens is 294 g/mol. The summed E-state index contributed by atoms with van der Waals surface area (Å²) in [6.45, 7) is 2.36. The highest BCUT2D eigenvalue weighted by atomic mass is 16.2. The number of amides is 2. The van der Waals surface area contributed by atoms with E-state index in [1.165, 1.54) is 0 Å². The van der Waals surface area contributed by atoms with Crippen molar-refractivity contribution < 1.29 is 9.59 Å². The maximum Gasteiger partial charge on any atom is 0.255 e. The van der Waals surface area contributed by atoms with Gasteiger partial charge in [-0.3, -0.25) is 9.59 Å². The topological polar surface area (TPSA) is 94.1 Å². The molecule has 0 saturated carbocycles. The minimum absolute atomic E-state index is 0.0869. The zero-order chi connectivity index (χ0) is 16.4. The second-order valence-electron chi connectivity index (χ2n) is 5.84. The van der Waals surface area contributed by atoms with Crippen LogP contribution in [-0.2, 0) is 4.79 Å². The predicted octanol–water partition coefficient (Wildman–Crippen LogP) is 0.993. The van der Waals surface area contributed by atoms with Crippen LogP contribution in [0.2, 0.25) is 0 Å². The van der Waals surface area contributed by atoms with Gasteiger partial charge in [0.2, 0.25) is 5.91 Å². The SMILES string of the molecule is CC1CCC(C(N)=O)CN1C(=O)c1ccc(-n2cccn2)nc1. The summed E-state index contributed by atoms with van der Waals surface area (Å²) in [7, 11) is 0. The molecule has 1 aliphatic heterocycles. The molecule has 7 nitrogen and oxygen atoms in total. The molecule has 2 N–H and O–H groups in total. The number of pyridine rings is 1. The van der Waals surface area contributed by atoms with Crippen molar-refractivity contribution in [2.45, 2.75) is 25.8 Å². The van der Waals surface area contributed by atoms with Crippen LogP contribution in [0, 0.1) is 5.92 Å². The maximum absolute atomic E-state index is 12.7. The summed E-state index contributed by atoms with van der Waals surface area (Å²) in [5, 5.41) is 4.10. The number of rotatable bonds is 3. The third-order valence-electron chi connectivity index (χ3n) is 4.28. The smallest absolute Gasteiger partial charge is 0.255 e. The lowest BCUT2D eigenvalue weighted by Crippen LogP contribution is -2.48. The van der Waals surface area contributed by atoms with Crippen LogP contribution in [-0.4, -0.2) is 44.1 Å². The Morgan fingerprint density at radius 3 is 2.74 bits per heavy atom. The van der Waals surface area contributed by atoms with Gasteiger partial charge in [-0.15, -0.1) is 0 Å². The van der Waals surface area contributed by atoms with E-state index in [1.54, 1.807) is 46.4 Å². The van der Waals surface area contributed by atoms with Crippen molar-refractivity contribution >= 4 is 11.8 Å². The quantitative estimate of drug-likeness (QED) is 0.914. The van der Waals surface area contributed by atoms with Crippen LogP contribution in [0.15, 0.2) is 36.8 Å². The summed E-state index contributed by atoms with van der Waals surface area (Å²) < 4.78 is 1.63. The Morgan fingerprint density at radius 2 is 2.13 bits per heavy atom. The monoisotopic (exact) mass is 313 g/mol.